The number of rotatable bonds is 13. The lowest BCUT2D eigenvalue weighted by molar-refractivity contribution is -0.348. The van der Waals surface area contributed by atoms with E-state index in [2.05, 4.69) is 110 Å². The molecule has 0 amide bonds. The number of hydrogen-bond donors (Lipinski definition) is 1. The van der Waals surface area contributed by atoms with E-state index in [9.17, 15) is 9.50 Å². The van der Waals surface area contributed by atoms with E-state index in [0.29, 0.717) is 18.6 Å². The molecule has 1 N–H and O–H groups in total. The van der Waals surface area contributed by atoms with Crippen LogP contribution in [0, 0.1) is 12.7 Å². The first-order valence-electron chi connectivity index (χ1n) is 16.9. The number of aryl methyl sites for hydroxylation is 1. The van der Waals surface area contributed by atoms with Crippen LogP contribution in [0.4, 0.5) is 4.39 Å². The Balaban J connectivity index is 1.81. The second-order valence-corrected chi connectivity index (χ2v) is 36.0. The molecule has 5 atom stereocenters. The van der Waals surface area contributed by atoms with Gasteiger partial charge in [-0.15, -0.1) is 11.3 Å². The normalized spacial score (nSPS) is 24.2. The Morgan fingerprint density at radius 1 is 0.750 bits per heavy atom. The first-order valence-corrected chi connectivity index (χ1v) is 31.4. The van der Waals surface area contributed by atoms with Crippen molar-refractivity contribution in [3.05, 3.63) is 82.0 Å². The fourth-order valence-corrected chi connectivity index (χ4v) is 10.7. The molecular formula is C36H57FO6SSi4. The van der Waals surface area contributed by atoms with Gasteiger partial charge in [-0.3, -0.25) is 0 Å². The lowest BCUT2D eigenvalue weighted by Crippen LogP contribution is -2.69. The lowest BCUT2D eigenvalue weighted by atomic mass is 9.86. The molecule has 1 aliphatic rings. The van der Waals surface area contributed by atoms with E-state index in [0.717, 1.165) is 21.6 Å². The van der Waals surface area contributed by atoms with E-state index in [1.165, 1.54) is 17.0 Å². The predicted molar refractivity (Wildman–Crippen MR) is 206 cm³/mol. The van der Waals surface area contributed by atoms with E-state index in [-0.39, 0.29) is 5.82 Å². The average molecular weight is 749 g/mol. The average Bonchev–Trinajstić information content (AvgIpc) is 3.39. The Morgan fingerprint density at radius 3 is 1.90 bits per heavy atom. The van der Waals surface area contributed by atoms with Gasteiger partial charge in [-0.05, 0) is 133 Å². The molecule has 3 unspecified atom stereocenters. The summed E-state index contributed by atoms with van der Waals surface area (Å²) in [6.07, 6.45) is -1.74. The third-order valence-corrected chi connectivity index (χ3v) is 12.9. The maximum atomic E-state index is 13.5. The predicted octanol–water partition coefficient (Wildman–Crippen LogP) is 9.51. The largest absolute Gasteiger partial charge is 0.415 e. The van der Waals surface area contributed by atoms with Gasteiger partial charge in [-0.2, -0.15) is 0 Å². The lowest BCUT2D eigenvalue weighted by Gasteiger charge is -2.54. The summed E-state index contributed by atoms with van der Waals surface area (Å²) in [4.78, 5) is 2.26. The topological polar surface area (TPSA) is 66.4 Å². The molecule has 2 aromatic carbocycles. The Bertz CT molecular complexity index is 1520. The van der Waals surface area contributed by atoms with E-state index in [4.69, 9.17) is 22.4 Å². The van der Waals surface area contributed by atoms with E-state index in [1.807, 2.05) is 18.2 Å². The highest BCUT2D eigenvalue weighted by molar-refractivity contribution is 7.15. The number of thiophene rings is 1. The molecule has 0 spiro atoms. The number of ether oxygens (including phenoxy) is 1. The van der Waals surface area contributed by atoms with Gasteiger partial charge in [0.15, 0.2) is 33.3 Å². The van der Waals surface area contributed by atoms with Crippen molar-refractivity contribution >= 4 is 44.6 Å². The third kappa shape index (κ3) is 10.8. The van der Waals surface area contributed by atoms with Crippen LogP contribution in [0.2, 0.25) is 78.6 Å². The van der Waals surface area contributed by atoms with E-state index < -0.39 is 63.5 Å². The summed E-state index contributed by atoms with van der Waals surface area (Å²) in [6, 6.07) is 16.9. The molecule has 3 aromatic rings. The van der Waals surface area contributed by atoms with Crippen LogP contribution >= 0.6 is 11.3 Å². The van der Waals surface area contributed by atoms with Crippen LogP contribution in [0.1, 0.15) is 21.6 Å². The minimum atomic E-state index is -2.26. The monoisotopic (exact) mass is 748 g/mol. The van der Waals surface area contributed by atoms with Gasteiger partial charge in [0.05, 0.1) is 6.61 Å². The van der Waals surface area contributed by atoms with Crippen LogP contribution in [-0.4, -0.2) is 69.4 Å². The third-order valence-electron chi connectivity index (χ3n) is 7.76. The Kier molecular flexibility index (Phi) is 12.1. The smallest absolute Gasteiger partial charge is 0.221 e. The van der Waals surface area contributed by atoms with E-state index >= 15 is 0 Å². The van der Waals surface area contributed by atoms with Crippen molar-refractivity contribution in [1.82, 2.24) is 0 Å². The van der Waals surface area contributed by atoms with Gasteiger partial charge in [0.2, 0.25) is 5.79 Å². The zero-order chi connectivity index (χ0) is 35.9. The minimum absolute atomic E-state index is 0.243. The minimum Gasteiger partial charge on any atom is -0.415 e. The molecule has 12 heteroatoms. The van der Waals surface area contributed by atoms with Crippen LogP contribution in [0.3, 0.4) is 0 Å². The molecule has 1 fully saturated rings. The Morgan fingerprint density at radius 2 is 1.33 bits per heavy atom. The SMILES string of the molecule is Cc1ccc(C2(O)OC(CO[Si](C)(C)C)[C@@H](O[Si](C)(C)C)C(O[Si](C)(C)C)[C@H]2O[Si](C)(C)C)cc1Cc1ccc(-c2ccc(F)cc2)s1. The molecule has 4 rings (SSSR count). The zero-order valence-corrected chi connectivity index (χ0v) is 36.0. The van der Waals surface area contributed by atoms with Crippen molar-refractivity contribution in [3.8, 4) is 10.4 Å². The van der Waals surface area contributed by atoms with Gasteiger partial charge in [-0.1, -0.05) is 24.3 Å². The van der Waals surface area contributed by atoms with Gasteiger partial charge in [0, 0.05) is 21.7 Å². The summed E-state index contributed by atoms with van der Waals surface area (Å²) in [5, 5.41) is 13.0. The molecule has 0 bridgehead atoms. The summed E-state index contributed by atoms with van der Waals surface area (Å²) >= 11 is 1.69. The quantitative estimate of drug-likeness (QED) is 0.176. The molecule has 0 radical (unpaired) electrons. The van der Waals surface area contributed by atoms with Gasteiger partial charge in [-0.25, -0.2) is 4.39 Å². The van der Waals surface area contributed by atoms with E-state index in [1.54, 1.807) is 11.3 Å². The number of hydrogen-bond acceptors (Lipinski definition) is 7. The fourth-order valence-electron chi connectivity index (χ4n) is 5.80. The highest BCUT2D eigenvalue weighted by Gasteiger charge is 2.59. The number of halogens is 1. The fraction of sp³-hybridized carbons (Fsp3) is 0.556. The van der Waals surface area contributed by atoms with Crippen molar-refractivity contribution in [2.45, 2.75) is 122 Å². The molecule has 1 aromatic heterocycles. The van der Waals surface area contributed by atoms with Crippen molar-refractivity contribution in [2.75, 3.05) is 6.61 Å². The molecule has 0 aliphatic carbocycles. The molecule has 0 saturated carbocycles. The van der Waals surface area contributed by atoms with Gasteiger partial charge < -0.3 is 27.5 Å². The summed E-state index contributed by atoms with van der Waals surface area (Å²) < 4.78 is 47.7. The second-order valence-electron chi connectivity index (χ2n) is 16.9. The summed E-state index contributed by atoms with van der Waals surface area (Å²) in [6.45, 7) is 28.2. The zero-order valence-electron chi connectivity index (χ0n) is 31.2. The molecular weight excluding hydrogens is 692 g/mol. The number of benzene rings is 2. The first kappa shape index (κ1) is 39.5. The van der Waals surface area contributed by atoms with Gasteiger partial charge in [0.25, 0.3) is 0 Å². The molecule has 266 valence electrons. The van der Waals surface area contributed by atoms with Crippen molar-refractivity contribution < 1.29 is 31.9 Å². The van der Waals surface area contributed by atoms with Crippen molar-refractivity contribution in [3.63, 3.8) is 0 Å². The molecule has 1 aliphatic heterocycles. The molecule has 2 heterocycles. The van der Waals surface area contributed by atoms with Crippen LogP contribution < -0.4 is 0 Å². The van der Waals surface area contributed by atoms with Crippen molar-refractivity contribution in [2.24, 2.45) is 0 Å². The van der Waals surface area contributed by atoms with Crippen LogP contribution in [0.25, 0.3) is 10.4 Å². The van der Waals surface area contributed by atoms with Crippen LogP contribution in [-0.2, 0) is 34.6 Å². The highest BCUT2D eigenvalue weighted by Crippen LogP contribution is 2.44. The standard InChI is InChI=1S/C36H57FO6SSi4/c1-25-14-17-28(22-27(25)23-30-20-21-32(44-30)26-15-18-29(37)19-16-26)36(38)35(43-48(11,12)13)34(42-47(8,9)10)33(41-46(5,6)7)31(40-36)24-39-45(2,3)4/h14-22,31,33-35,38H,23-24H2,1-13H3/t31?,33-,34?,35-,36?/m1/s1. The summed E-state index contributed by atoms with van der Waals surface area (Å²) in [5.41, 5.74) is 3.83. The first-order chi connectivity index (χ1) is 21.9. The van der Waals surface area contributed by atoms with Gasteiger partial charge in [0.1, 0.15) is 30.2 Å². The molecule has 48 heavy (non-hydrogen) atoms. The molecule has 6 nitrogen and oxygen atoms in total. The highest BCUT2D eigenvalue weighted by atomic mass is 32.1. The maximum absolute atomic E-state index is 13.5. The van der Waals surface area contributed by atoms with Gasteiger partial charge >= 0.3 is 0 Å². The maximum Gasteiger partial charge on any atom is 0.221 e. The number of aliphatic hydroxyl groups is 1. The van der Waals surface area contributed by atoms with Crippen molar-refractivity contribution in [1.29, 1.82) is 0 Å². The summed E-state index contributed by atoms with van der Waals surface area (Å²) in [5.74, 6) is -2.05. The molecule has 1 saturated heterocycles. The van der Waals surface area contributed by atoms with Crippen LogP contribution in [0.15, 0.2) is 54.6 Å². The Labute approximate surface area is 296 Å². The Hall–Kier alpha value is -1.30. The van der Waals surface area contributed by atoms with Crippen LogP contribution in [0.5, 0.6) is 0 Å². The summed E-state index contributed by atoms with van der Waals surface area (Å²) in [7, 11) is -8.49. The second kappa shape index (κ2) is 14.7.